The number of carbonyl (C=O) groups is 2. The number of carbonyl (C=O) groups excluding carboxylic acids is 2. The molecule has 8 nitrogen and oxygen atoms in total. The molecule has 0 aliphatic carbocycles. The number of nitrogens with one attached hydrogen (secondary N) is 3. The van der Waals surface area contributed by atoms with Gasteiger partial charge in [0, 0.05) is 12.1 Å². The number of benzene rings is 1. The third-order valence-electron chi connectivity index (χ3n) is 3.90. The van der Waals surface area contributed by atoms with Gasteiger partial charge in [-0.25, -0.2) is 0 Å². The Morgan fingerprint density at radius 1 is 1.32 bits per heavy atom. The van der Waals surface area contributed by atoms with Crippen LogP contribution in [0.4, 0.5) is 11.6 Å². The van der Waals surface area contributed by atoms with Crippen molar-refractivity contribution < 1.29 is 18.8 Å². The number of anilines is 2. The van der Waals surface area contributed by atoms with Crippen LogP contribution in [-0.2, 0) is 9.59 Å². The van der Waals surface area contributed by atoms with Crippen LogP contribution in [0.2, 0.25) is 0 Å². The van der Waals surface area contributed by atoms with Gasteiger partial charge in [0.15, 0.2) is 6.61 Å². The van der Waals surface area contributed by atoms with Gasteiger partial charge in [-0.1, -0.05) is 11.2 Å². The first kappa shape index (κ1) is 17.0. The Hall–Kier alpha value is -2.87. The number of hydrogen-bond donors (Lipinski definition) is 3. The molecule has 3 N–H and O–H groups in total. The van der Waals surface area contributed by atoms with Crippen LogP contribution < -0.4 is 20.7 Å². The molecule has 1 aromatic carbocycles. The van der Waals surface area contributed by atoms with Crippen molar-refractivity contribution in [3.05, 3.63) is 35.5 Å². The molecule has 0 radical (unpaired) electrons. The Morgan fingerprint density at radius 2 is 2.12 bits per heavy atom. The minimum atomic E-state index is -0.456. The number of nitrogens with zero attached hydrogens (tertiary/aromatic N) is 1. The third kappa shape index (κ3) is 3.97. The third-order valence-corrected chi connectivity index (χ3v) is 3.90. The van der Waals surface area contributed by atoms with E-state index in [1.165, 1.54) is 0 Å². The molecule has 0 saturated heterocycles. The summed E-state index contributed by atoms with van der Waals surface area (Å²) in [6.45, 7) is 5.51. The van der Waals surface area contributed by atoms with E-state index >= 15 is 0 Å². The van der Waals surface area contributed by atoms with Crippen molar-refractivity contribution in [2.24, 2.45) is 0 Å². The molecule has 0 fully saturated rings. The lowest BCUT2D eigenvalue weighted by atomic mass is 10.1. The minimum absolute atomic E-state index is 0.0263. The van der Waals surface area contributed by atoms with Gasteiger partial charge in [-0.2, -0.15) is 0 Å². The van der Waals surface area contributed by atoms with E-state index in [-0.39, 0.29) is 24.5 Å². The van der Waals surface area contributed by atoms with Crippen LogP contribution in [0.25, 0.3) is 0 Å². The molecule has 2 heterocycles. The zero-order chi connectivity index (χ0) is 18.0. The molecule has 1 aliphatic heterocycles. The van der Waals surface area contributed by atoms with Crippen molar-refractivity contribution in [2.75, 3.05) is 17.2 Å². The summed E-state index contributed by atoms with van der Waals surface area (Å²) in [5.74, 6) is 0.553. The second kappa shape index (κ2) is 6.94. The number of fused-ring (bicyclic) bond motifs is 1. The molecular formula is C17H20N4O4. The van der Waals surface area contributed by atoms with Gasteiger partial charge in [0.05, 0.1) is 17.4 Å². The molecule has 3 rings (SSSR count). The Balaban J connectivity index is 1.63. The van der Waals surface area contributed by atoms with E-state index in [1.807, 2.05) is 25.1 Å². The van der Waals surface area contributed by atoms with Gasteiger partial charge >= 0.3 is 0 Å². The van der Waals surface area contributed by atoms with Crippen LogP contribution in [-0.4, -0.2) is 29.6 Å². The standard InChI is InChI=1S/C17H20N4O4/c1-9-6-16(25-21-9)20-17(23)11(3)18-10(2)12-4-5-14-13(7-12)19-15(22)8-24-14/h4-7,10-11,18H,8H2,1-3H3,(H,19,22)(H,20,23)/t10-,11+/m1/s1. The Labute approximate surface area is 144 Å². The van der Waals surface area contributed by atoms with Gasteiger partial charge < -0.3 is 14.6 Å². The summed E-state index contributed by atoms with van der Waals surface area (Å²) in [5, 5.41) is 12.4. The highest BCUT2D eigenvalue weighted by Crippen LogP contribution is 2.30. The smallest absolute Gasteiger partial charge is 0.262 e. The van der Waals surface area contributed by atoms with E-state index in [0.29, 0.717) is 23.0 Å². The molecule has 1 aromatic heterocycles. The summed E-state index contributed by atoms with van der Waals surface area (Å²) in [5.41, 5.74) is 2.26. The number of rotatable bonds is 5. The van der Waals surface area contributed by atoms with Gasteiger partial charge in [-0.05, 0) is 38.5 Å². The van der Waals surface area contributed by atoms with Crippen molar-refractivity contribution in [3.8, 4) is 5.75 Å². The van der Waals surface area contributed by atoms with Crippen LogP contribution in [0, 0.1) is 6.92 Å². The van der Waals surface area contributed by atoms with E-state index < -0.39 is 6.04 Å². The van der Waals surface area contributed by atoms with E-state index in [4.69, 9.17) is 9.26 Å². The summed E-state index contributed by atoms with van der Waals surface area (Å²) < 4.78 is 10.3. The highest BCUT2D eigenvalue weighted by Gasteiger charge is 2.20. The lowest BCUT2D eigenvalue weighted by molar-refractivity contribution is -0.119. The number of hydrogen-bond acceptors (Lipinski definition) is 6. The maximum Gasteiger partial charge on any atom is 0.262 e. The van der Waals surface area contributed by atoms with Crippen LogP contribution in [0.3, 0.4) is 0 Å². The number of amides is 2. The quantitative estimate of drug-likeness (QED) is 0.766. The van der Waals surface area contributed by atoms with Crippen LogP contribution in [0.1, 0.15) is 31.1 Å². The second-order valence-corrected chi connectivity index (χ2v) is 6.02. The van der Waals surface area contributed by atoms with Crippen molar-refractivity contribution in [1.29, 1.82) is 0 Å². The number of aromatic nitrogens is 1. The predicted octanol–water partition coefficient (Wildman–Crippen LogP) is 1.99. The number of aryl methyl sites for hydroxylation is 1. The zero-order valence-electron chi connectivity index (χ0n) is 14.3. The van der Waals surface area contributed by atoms with Crippen LogP contribution in [0.5, 0.6) is 5.75 Å². The normalized spacial score (nSPS) is 15.6. The van der Waals surface area contributed by atoms with E-state index in [9.17, 15) is 9.59 Å². The van der Waals surface area contributed by atoms with Crippen molar-refractivity contribution in [1.82, 2.24) is 10.5 Å². The van der Waals surface area contributed by atoms with Crippen molar-refractivity contribution in [2.45, 2.75) is 32.9 Å². The summed E-state index contributed by atoms with van der Waals surface area (Å²) >= 11 is 0. The molecule has 0 unspecified atom stereocenters. The monoisotopic (exact) mass is 344 g/mol. The van der Waals surface area contributed by atoms with E-state index in [2.05, 4.69) is 21.1 Å². The van der Waals surface area contributed by atoms with Gasteiger partial charge in [0.1, 0.15) is 5.75 Å². The molecule has 2 atom stereocenters. The second-order valence-electron chi connectivity index (χ2n) is 6.02. The first-order valence-electron chi connectivity index (χ1n) is 7.99. The molecule has 132 valence electrons. The highest BCUT2D eigenvalue weighted by molar-refractivity contribution is 5.95. The molecular weight excluding hydrogens is 324 g/mol. The lowest BCUT2D eigenvalue weighted by Gasteiger charge is -2.22. The largest absolute Gasteiger partial charge is 0.482 e. The molecule has 8 heteroatoms. The Bertz CT molecular complexity index is 802. The van der Waals surface area contributed by atoms with Crippen LogP contribution >= 0.6 is 0 Å². The molecule has 1 aliphatic rings. The molecule has 0 saturated carbocycles. The van der Waals surface area contributed by atoms with Crippen LogP contribution in [0.15, 0.2) is 28.8 Å². The van der Waals surface area contributed by atoms with E-state index in [0.717, 1.165) is 5.56 Å². The van der Waals surface area contributed by atoms with Gasteiger partial charge in [-0.3, -0.25) is 20.2 Å². The SMILES string of the molecule is Cc1cc(NC(=O)[C@H](C)N[C@H](C)c2ccc3c(c2)NC(=O)CO3)on1. The Kier molecular flexibility index (Phi) is 4.71. The predicted molar refractivity (Wildman–Crippen MR) is 91.4 cm³/mol. The number of ether oxygens (including phenoxy) is 1. The maximum absolute atomic E-state index is 12.2. The molecule has 25 heavy (non-hydrogen) atoms. The fourth-order valence-corrected chi connectivity index (χ4v) is 2.57. The molecule has 0 spiro atoms. The molecule has 2 aromatic rings. The Morgan fingerprint density at radius 3 is 2.84 bits per heavy atom. The summed E-state index contributed by atoms with van der Waals surface area (Å²) in [6, 6.07) is 6.64. The lowest BCUT2D eigenvalue weighted by Crippen LogP contribution is -2.39. The maximum atomic E-state index is 12.2. The summed E-state index contributed by atoms with van der Waals surface area (Å²) in [7, 11) is 0. The fraction of sp³-hybridized carbons (Fsp3) is 0.353. The summed E-state index contributed by atoms with van der Waals surface area (Å²) in [6.07, 6.45) is 0. The van der Waals surface area contributed by atoms with Gasteiger partial charge in [0.2, 0.25) is 11.8 Å². The molecule has 0 bridgehead atoms. The topological polar surface area (TPSA) is 105 Å². The minimum Gasteiger partial charge on any atom is -0.482 e. The van der Waals surface area contributed by atoms with E-state index in [1.54, 1.807) is 19.9 Å². The highest BCUT2D eigenvalue weighted by atomic mass is 16.5. The molecule has 2 amide bonds. The fourth-order valence-electron chi connectivity index (χ4n) is 2.57. The first-order valence-corrected chi connectivity index (χ1v) is 7.99. The first-order chi connectivity index (χ1) is 11.9. The van der Waals surface area contributed by atoms with Gasteiger partial charge in [0.25, 0.3) is 5.91 Å². The average Bonchev–Trinajstić information content (AvgIpc) is 2.98. The summed E-state index contributed by atoms with van der Waals surface area (Å²) in [4.78, 5) is 23.7. The van der Waals surface area contributed by atoms with Crippen molar-refractivity contribution >= 4 is 23.4 Å². The van der Waals surface area contributed by atoms with Crippen molar-refractivity contribution in [3.63, 3.8) is 0 Å². The average molecular weight is 344 g/mol. The van der Waals surface area contributed by atoms with Gasteiger partial charge in [-0.15, -0.1) is 0 Å². The zero-order valence-corrected chi connectivity index (χ0v) is 14.3.